The molecule has 0 saturated heterocycles. The van der Waals surface area contributed by atoms with Crippen molar-refractivity contribution in [3.63, 3.8) is 0 Å². The molecule has 0 radical (unpaired) electrons. The van der Waals surface area contributed by atoms with Crippen molar-refractivity contribution in [3.05, 3.63) is 17.0 Å². The number of nitrogens with zero attached hydrogens (tertiary/aromatic N) is 1. The van der Waals surface area contributed by atoms with Crippen LogP contribution in [0, 0.1) is 13.8 Å². The topological polar surface area (TPSA) is 47.3 Å². The smallest absolute Gasteiger partial charge is 0.138 e. The first-order valence-electron chi connectivity index (χ1n) is 4.80. The Balaban J connectivity index is 2.38. The fourth-order valence-electron chi connectivity index (χ4n) is 1.24. The summed E-state index contributed by atoms with van der Waals surface area (Å²) in [6.45, 7) is 7.53. The third-order valence-corrected chi connectivity index (χ3v) is 2.32. The van der Waals surface area contributed by atoms with Gasteiger partial charge in [-0.3, -0.25) is 0 Å². The number of aromatic nitrogens is 1. The summed E-state index contributed by atoms with van der Waals surface area (Å²) >= 11 is 0. The van der Waals surface area contributed by atoms with Crippen LogP contribution in [0.4, 0.5) is 0 Å². The second kappa shape index (κ2) is 5.12. The molecule has 1 aromatic heterocycles. The Morgan fingerprint density at radius 3 is 2.71 bits per heavy atom. The first kappa shape index (κ1) is 11.2. The molecule has 0 amide bonds. The summed E-state index contributed by atoms with van der Waals surface area (Å²) in [6, 6.07) is 0. The number of hydrogen-bond donors (Lipinski definition) is 1. The fourth-order valence-corrected chi connectivity index (χ4v) is 1.24. The van der Waals surface area contributed by atoms with Crippen molar-refractivity contribution in [3.8, 4) is 0 Å². The van der Waals surface area contributed by atoms with Gasteiger partial charge in [0, 0.05) is 25.8 Å². The molecule has 1 heterocycles. The minimum Gasteiger partial charge on any atom is -0.380 e. The molecule has 0 saturated carbocycles. The molecule has 80 valence electrons. The molecule has 4 nitrogen and oxygen atoms in total. The Morgan fingerprint density at radius 1 is 1.50 bits per heavy atom. The number of ether oxygens (including phenoxy) is 1. The highest BCUT2D eigenvalue weighted by atomic mass is 16.5. The van der Waals surface area contributed by atoms with E-state index in [4.69, 9.17) is 9.26 Å². The van der Waals surface area contributed by atoms with Crippen molar-refractivity contribution in [2.75, 3.05) is 13.7 Å². The van der Waals surface area contributed by atoms with E-state index in [1.54, 1.807) is 7.11 Å². The highest BCUT2D eigenvalue weighted by Crippen LogP contribution is 2.11. The van der Waals surface area contributed by atoms with Gasteiger partial charge in [0.1, 0.15) is 5.76 Å². The first-order valence-corrected chi connectivity index (χ1v) is 4.80. The highest BCUT2D eigenvalue weighted by Gasteiger charge is 2.08. The lowest BCUT2D eigenvalue weighted by Crippen LogP contribution is -2.25. The number of methoxy groups -OCH3 is 1. The lowest BCUT2D eigenvalue weighted by molar-refractivity contribution is 0.117. The lowest BCUT2D eigenvalue weighted by Gasteiger charge is -2.10. The Morgan fingerprint density at radius 2 is 2.21 bits per heavy atom. The van der Waals surface area contributed by atoms with Crippen molar-refractivity contribution >= 4 is 0 Å². The van der Waals surface area contributed by atoms with Crippen LogP contribution in [0.3, 0.4) is 0 Å². The van der Waals surface area contributed by atoms with Crippen LogP contribution in [0.15, 0.2) is 4.52 Å². The van der Waals surface area contributed by atoms with Gasteiger partial charge >= 0.3 is 0 Å². The van der Waals surface area contributed by atoms with E-state index in [1.807, 2.05) is 20.8 Å². The number of rotatable bonds is 5. The third-order valence-electron chi connectivity index (χ3n) is 2.32. The minimum absolute atomic E-state index is 0.232. The van der Waals surface area contributed by atoms with Gasteiger partial charge in [-0.1, -0.05) is 5.16 Å². The zero-order valence-electron chi connectivity index (χ0n) is 9.26. The summed E-state index contributed by atoms with van der Waals surface area (Å²) in [4.78, 5) is 0. The normalized spacial score (nSPS) is 13.1. The second-order valence-corrected chi connectivity index (χ2v) is 3.48. The molecule has 1 atom stereocenters. The molecule has 14 heavy (non-hydrogen) atoms. The summed E-state index contributed by atoms with van der Waals surface area (Å²) in [5.41, 5.74) is 2.10. The first-order chi connectivity index (χ1) is 6.65. The van der Waals surface area contributed by atoms with Crippen LogP contribution in [-0.2, 0) is 11.3 Å². The predicted molar refractivity (Wildman–Crippen MR) is 54.2 cm³/mol. The Labute approximate surface area is 84.6 Å². The molecule has 0 bridgehead atoms. The Hall–Kier alpha value is -0.870. The summed E-state index contributed by atoms with van der Waals surface area (Å²) in [5, 5.41) is 7.18. The molecule has 4 heteroatoms. The molecule has 0 fully saturated rings. The van der Waals surface area contributed by atoms with E-state index in [0.717, 1.165) is 30.1 Å². The van der Waals surface area contributed by atoms with Gasteiger partial charge in [0.2, 0.25) is 0 Å². The SMILES string of the molecule is COC(C)CNCc1c(C)noc1C. The van der Waals surface area contributed by atoms with E-state index >= 15 is 0 Å². The Kier molecular flexibility index (Phi) is 4.10. The molecule has 0 aliphatic rings. The summed E-state index contributed by atoms with van der Waals surface area (Å²) in [7, 11) is 1.71. The zero-order chi connectivity index (χ0) is 10.6. The average Bonchev–Trinajstić information content (AvgIpc) is 2.48. The van der Waals surface area contributed by atoms with E-state index in [0.29, 0.717) is 0 Å². The number of aryl methyl sites for hydroxylation is 2. The molecule has 0 aliphatic heterocycles. The lowest BCUT2D eigenvalue weighted by atomic mass is 10.2. The van der Waals surface area contributed by atoms with Gasteiger partial charge < -0.3 is 14.6 Å². The van der Waals surface area contributed by atoms with Crippen LogP contribution in [0.2, 0.25) is 0 Å². The van der Waals surface area contributed by atoms with Gasteiger partial charge in [0.25, 0.3) is 0 Å². The van der Waals surface area contributed by atoms with Gasteiger partial charge in [-0.2, -0.15) is 0 Å². The monoisotopic (exact) mass is 198 g/mol. The van der Waals surface area contributed by atoms with Crippen molar-refractivity contribution in [2.45, 2.75) is 33.4 Å². The quantitative estimate of drug-likeness (QED) is 0.777. The van der Waals surface area contributed by atoms with Gasteiger partial charge in [-0.05, 0) is 20.8 Å². The summed E-state index contributed by atoms with van der Waals surface area (Å²) < 4.78 is 10.2. The molecular weight excluding hydrogens is 180 g/mol. The molecule has 0 aromatic carbocycles. The molecule has 1 N–H and O–H groups in total. The maximum atomic E-state index is 5.13. The van der Waals surface area contributed by atoms with Crippen LogP contribution in [0.25, 0.3) is 0 Å². The van der Waals surface area contributed by atoms with Crippen LogP contribution in [0.1, 0.15) is 23.9 Å². The van der Waals surface area contributed by atoms with E-state index in [2.05, 4.69) is 10.5 Å². The molecular formula is C10H18N2O2. The molecule has 1 unspecified atom stereocenters. The van der Waals surface area contributed by atoms with Gasteiger partial charge in [0.05, 0.1) is 11.8 Å². The molecule has 1 rings (SSSR count). The van der Waals surface area contributed by atoms with Crippen molar-refractivity contribution < 1.29 is 9.26 Å². The maximum Gasteiger partial charge on any atom is 0.138 e. The van der Waals surface area contributed by atoms with Crippen LogP contribution >= 0.6 is 0 Å². The van der Waals surface area contributed by atoms with Crippen molar-refractivity contribution in [1.29, 1.82) is 0 Å². The van der Waals surface area contributed by atoms with E-state index in [9.17, 15) is 0 Å². The van der Waals surface area contributed by atoms with Gasteiger partial charge in [-0.15, -0.1) is 0 Å². The summed E-state index contributed by atoms with van der Waals surface area (Å²) in [6.07, 6.45) is 0.232. The minimum atomic E-state index is 0.232. The standard InChI is InChI=1S/C10H18N2O2/c1-7(13-4)5-11-6-10-8(2)12-14-9(10)3/h7,11H,5-6H2,1-4H3. The largest absolute Gasteiger partial charge is 0.380 e. The molecule has 0 aliphatic carbocycles. The third kappa shape index (κ3) is 2.82. The van der Waals surface area contributed by atoms with Gasteiger partial charge in [0.15, 0.2) is 0 Å². The number of hydrogen-bond acceptors (Lipinski definition) is 4. The van der Waals surface area contributed by atoms with E-state index in [-0.39, 0.29) is 6.10 Å². The molecule has 0 spiro atoms. The van der Waals surface area contributed by atoms with Crippen LogP contribution in [0.5, 0.6) is 0 Å². The Bertz CT molecular complexity index is 264. The van der Waals surface area contributed by atoms with Crippen LogP contribution in [-0.4, -0.2) is 24.9 Å². The van der Waals surface area contributed by atoms with E-state index in [1.165, 1.54) is 0 Å². The van der Waals surface area contributed by atoms with E-state index < -0.39 is 0 Å². The molecule has 1 aromatic rings. The van der Waals surface area contributed by atoms with Crippen LogP contribution < -0.4 is 5.32 Å². The maximum absolute atomic E-state index is 5.13. The zero-order valence-corrected chi connectivity index (χ0v) is 9.26. The van der Waals surface area contributed by atoms with Gasteiger partial charge in [-0.25, -0.2) is 0 Å². The van der Waals surface area contributed by atoms with Crippen molar-refractivity contribution in [2.24, 2.45) is 0 Å². The fraction of sp³-hybridized carbons (Fsp3) is 0.700. The highest BCUT2D eigenvalue weighted by molar-refractivity contribution is 5.20. The second-order valence-electron chi connectivity index (χ2n) is 3.48. The average molecular weight is 198 g/mol. The summed E-state index contributed by atoms with van der Waals surface area (Å²) in [5.74, 6) is 0.889. The van der Waals surface area contributed by atoms with Crippen molar-refractivity contribution in [1.82, 2.24) is 10.5 Å². The number of nitrogens with one attached hydrogen (secondary N) is 1. The predicted octanol–water partition coefficient (Wildman–Crippen LogP) is 1.42.